The Morgan fingerprint density at radius 1 is 1.62 bits per heavy atom. The van der Waals surface area contributed by atoms with Gasteiger partial charge in [0.2, 0.25) is 0 Å². The lowest BCUT2D eigenvalue weighted by Crippen LogP contribution is -2.26. The summed E-state index contributed by atoms with van der Waals surface area (Å²) in [4.78, 5) is 16.2. The van der Waals surface area contributed by atoms with E-state index in [0.29, 0.717) is 17.3 Å². The molecule has 1 saturated carbocycles. The number of Topliss-reactive ketones (excluding diaryl/α,β-unsaturated/α-hetero) is 1. The van der Waals surface area contributed by atoms with Crippen LogP contribution in [0.3, 0.4) is 0 Å². The Bertz CT molecular complexity index is 413. The maximum Gasteiger partial charge on any atom is 0.195 e. The third-order valence-corrected chi connectivity index (χ3v) is 2.88. The lowest BCUT2D eigenvalue weighted by Gasteiger charge is -2.14. The van der Waals surface area contributed by atoms with Gasteiger partial charge in [-0.1, -0.05) is 0 Å². The van der Waals surface area contributed by atoms with Gasteiger partial charge in [-0.05, 0) is 37.3 Å². The Labute approximate surface area is 94.8 Å². The second-order valence-electron chi connectivity index (χ2n) is 4.30. The minimum absolute atomic E-state index is 0.0429. The number of nitrogens with zero attached hydrogens (tertiary/aromatic N) is 1. The maximum atomic E-state index is 12.2. The summed E-state index contributed by atoms with van der Waals surface area (Å²) in [5.74, 6) is 0.606. The molecule has 86 valence electrons. The number of aryl methyl sites for hydroxylation is 1. The maximum absolute atomic E-state index is 12.2. The Morgan fingerprint density at radius 2 is 2.31 bits per heavy atom. The smallest absolute Gasteiger partial charge is 0.195 e. The number of hydrogen-bond donors (Lipinski definition) is 1. The van der Waals surface area contributed by atoms with E-state index in [2.05, 4.69) is 4.98 Å². The fraction of sp³-hybridized carbons (Fsp3) is 0.500. The average Bonchev–Trinajstić information content (AvgIpc) is 3.07. The molecule has 1 atom stereocenters. The van der Waals surface area contributed by atoms with Crippen LogP contribution in [0.2, 0.25) is 0 Å². The number of carbonyl (C=O) groups is 1. The van der Waals surface area contributed by atoms with Gasteiger partial charge >= 0.3 is 0 Å². The number of ether oxygens (including phenoxy) is 1. The highest BCUT2D eigenvalue weighted by Crippen LogP contribution is 2.36. The van der Waals surface area contributed by atoms with E-state index in [1.54, 1.807) is 19.4 Å². The zero-order chi connectivity index (χ0) is 11.7. The Balaban J connectivity index is 2.28. The third kappa shape index (κ3) is 2.07. The SMILES string of the molecule is COC(C(=O)c1cc(C)cnc1N)C1CC1. The Hall–Kier alpha value is -1.42. The molecule has 1 aromatic heterocycles. The number of anilines is 1. The molecular formula is C12H16N2O2. The largest absolute Gasteiger partial charge is 0.383 e. The average molecular weight is 220 g/mol. The number of nitrogens with two attached hydrogens (primary N) is 1. The fourth-order valence-electron chi connectivity index (χ4n) is 1.84. The monoisotopic (exact) mass is 220 g/mol. The summed E-state index contributed by atoms with van der Waals surface area (Å²) < 4.78 is 5.25. The first-order valence-corrected chi connectivity index (χ1v) is 5.42. The third-order valence-electron chi connectivity index (χ3n) is 2.88. The summed E-state index contributed by atoms with van der Waals surface area (Å²) in [6, 6.07) is 1.78. The zero-order valence-electron chi connectivity index (χ0n) is 9.56. The van der Waals surface area contributed by atoms with Crippen LogP contribution in [0.15, 0.2) is 12.3 Å². The highest BCUT2D eigenvalue weighted by Gasteiger charge is 2.37. The predicted molar refractivity (Wildman–Crippen MR) is 61.2 cm³/mol. The van der Waals surface area contributed by atoms with Gasteiger partial charge < -0.3 is 10.5 Å². The van der Waals surface area contributed by atoms with Crippen molar-refractivity contribution in [2.24, 2.45) is 5.92 Å². The fourth-order valence-corrected chi connectivity index (χ4v) is 1.84. The molecule has 2 rings (SSSR count). The van der Waals surface area contributed by atoms with Crippen molar-refractivity contribution in [3.8, 4) is 0 Å². The van der Waals surface area contributed by atoms with Crippen molar-refractivity contribution >= 4 is 11.6 Å². The normalized spacial score (nSPS) is 17.1. The van der Waals surface area contributed by atoms with E-state index in [0.717, 1.165) is 18.4 Å². The number of aromatic nitrogens is 1. The number of carbonyl (C=O) groups excluding carboxylic acids is 1. The molecule has 0 amide bonds. The summed E-state index contributed by atoms with van der Waals surface area (Å²) in [5, 5.41) is 0. The van der Waals surface area contributed by atoms with Crippen LogP contribution in [0.1, 0.15) is 28.8 Å². The molecule has 4 nitrogen and oxygen atoms in total. The quantitative estimate of drug-likeness (QED) is 0.782. The van der Waals surface area contributed by atoms with Gasteiger partial charge in [0.15, 0.2) is 5.78 Å². The lowest BCUT2D eigenvalue weighted by atomic mass is 10.0. The van der Waals surface area contributed by atoms with Gasteiger partial charge in [0.25, 0.3) is 0 Å². The second kappa shape index (κ2) is 4.22. The van der Waals surface area contributed by atoms with Crippen molar-refractivity contribution < 1.29 is 9.53 Å². The van der Waals surface area contributed by atoms with Crippen molar-refractivity contribution in [2.75, 3.05) is 12.8 Å². The predicted octanol–water partition coefficient (Wildman–Crippen LogP) is 1.58. The van der Waals surface area contributed by atoms with Gasteiger partial charge in [0.05, 0.1) is 5.56 Å². The second-order valence-corrected chi connectivity index (χ2v) is 4.30. The standard InChI is InChI=1S/C12H16N2O2/c1-7-5-9(12(13)14-6-7)10(15)11(16-2)8-3-4-8/h5-6,8,11H,3-4H2,1-2H3,(H2,13,14). The molecule has 1 aromatic rings. The first-order valence-electron chi connectivity index (χ1n) is 5.42. The molecule has 1 fully saturated rings. The van der Waals surface area contributed by atoms with E-state index in [1.807, 2.05) is 6.92 Å². The van der Waals surface area contributed by atoms with Crippen LogP contribution < -0.4 is 5.73 Å². The molecule has 0 spiro atoms. The molecule has 1 unspecified atom stereocenters. The van der Waals surface area contributed by atoms with Crippen LogP contribution in [0.5, 0.6) is 0 Å². The van der Waals surface area contributed by atoms with E-state index >= 15 is 0 Å². The van der Waals surface area contributed by atoms with Crippen LogP contribution in [-0.2, 0) is 4.74 Å². The summed E-state index contributed by atoms with van der Waals surface area (Å²) in [6.45, 7) is 1.89. The highest BCUT2D eigenvalue weighted by molar-refractivity contribution is 6.03. The van der Waals surface area contributed by atoms with Crippen molar-refractivity contribution in [1.82, 2.24) is 4.98 Å². The van der Waals surface area contributed by atoms with Gasteiger partial charge in [0, 0.05) is 13.3 Å². The molecule has 2 N–H and O–H groups in total. The molecule has 1 aliphatic rings. The number of hydrogen-bond acceptors (Lipinski definition) is 4. The summed E-state index contributed by atoms with van der Waals surface area (Å²) >= 11 is 0. The van der Waals surface area contributed by atoms with Crippen LogP contribution >= 0.6 is 0 Å². The molecular weight excluding hydrogens is 204 g/mol. The molecule has 4 heteroatoms. The van der Waals surface area contributed by atoms with Crippen molar-refractivity contribution in [3.63, 3.8) is 0 Å². The summed E-state index contributed by atoms with van der Waals surface area (Å²) in [7, 11) is 1.57. The van der Waals surface area contributed by atoms with E-state index in [9.17, 15) is 4.79 Å². The zero-order valence-corrected chi connectivity index (χ0v) is 9.56. The number of methoxy groups -OCH3 is 1. The van der Waals surface area contributed by atoms with Crippen molar-refractivity contribution in [1.29, 1.82) is 0 Å². The highest BCUT2D eigenvalue weighted by atomic mass is 16.5. The van der Waals surface area contributed by atoms with Gasteiger partial charge in [-0.3, -0.25) is 4.79 Å². The van der Waals surface area contributed by atoms with Crippen LogP contribution in [0, 0.1) is 12.8 Å². The topological polar surface area (TPSA) is 65.2 Å². The van der Waals surface area contributed by atoms with Crippen LogP contribution in [0.25, 0.3) is 0 Å². The number of ketones is 1. The molecule has 0 aliphatic heterocycles. The van der Waals surface area contributed by atoms with Crippen LogP contribution in [-0.4, -0.2) is 24.0 Å². The van der Waals surface area contributed by atoms with Crippen LogP contribution in [0.4, 0.5) is 5.82 Å². The van der Waals surface area contributed by atoms with Crippen molar-refractivity contribution in [2.45, 2.75) is 25.9 Å². The Morgan fingerprint density at radius 3 is 2.88 bits per heavy atom. The lowest BCUT2D eigenvalue weighted by molar-refractivity contribution is 0.0540. The summed E-state index contributed by atoms with van der Waals surface area (Å²) in [6.07, 6.45) is 3.42. The molecule has 0 saturated heterocycles. The van der Waals surface area contributed by atoms with E-state index in [4.69, 9.17) is 10.5 Å². The molecule has 1 aliphatic carbocycles. The minimum Gasteiger partial charge on any atom is -0.383 e. The van der Waals surface area contributed by atoms with Gasteiger partial charge in [-0.25, -0.2) is 4.98 Å². The molecule has 1 heterocycles. The Kier molecular flexibility index (Phi) is 2.92. The number of nitrogen functional groups attached to an aromatic ring is 1. The van der Waals surface area contributed by atoms with Crippen molar-refractivity contribution in [3.05, 3.63) is 23.4 Å². The van der Waals surface area contributed by atoms with Gasteiger partial charge in [-0.2, -0.15) is 0 Å². The molecule has 16 heavy (non-hydrogen) atoms. The van der Waals surface area contributed by atoms with Gasteiger partial charge in [-0.15, -0.1) is 0 Å². The molecule has 0 radical (unpaired) electrons. The van der Waals surface area contributed by atoms with E-state index in [-0.39, 0.29) is 11.9 Å². The molecule has 0 aromatic carbocycles. The molecule has 0 bridgehead atoms. The minimum atomic E-state index is -0.356. The first-order chi connectivity index (χ1) is 7.63. The number of rotatable bonds is 4. The van der Waals surface area contributed by atoms with E-state index in [1.165, 1.54) is 0 Å². The first kappa shape index (κ1) is 11.1. The summed E-state index contributed by atoms with van der Waals surface area (Å²) in [5.41, 5.74) is 7.13. The number of pyridine rings is 1. The van der Waals surface area contributed by atoms with E-state index < -0.39 is 0 Å². The van der Waals surface area contributed by atoms with Gasteiger partial charge in [0.1, 0.15) is 11.9 Å².